The molecule has 21 heavy (non-hydrogen) atoms. The number of hydrogen-bond donors (Lipinski definition) is 1. The van der Waals surface area contributed by atoms with Crippen molar-refractivity contribution in [1.82, 2.24) is 10.3 Å². The van der Waals surface area contributed by atoms with Crippen molar-refractivity contribution in [3.63, 3.8) is 0 Å². The van der Waals surface area contributed by atoms with Gasteiger partial charge in [-0.25, -0.2) is 4.98 Å². The molecule has 1 aliphatic rings. The van der Waals surface area contributed by atoms with Gasteiger partial charge in [-0.2, -0.15) is 0 Å². The number of nitrogens with one attached hydrogen (secondary N) is 1. The first kappa shape index (κ1) is 14.2. The van der Waals surface area contributed by atoms with E-state index in [1.165, 1.54) is 5.56 Å². The Balaban J connectivity index is 1.48. The molecule has 0 saturated carbocycles. The van der Waals surface area contributed by atoms with Crippen molar-refractivity contribution < 1.29 is 9.47 Å². The van der Waals surface area contributed by atoms with Gasteiger partial charge in [-0.3, -0.25) is 0 Å². The summed E-state index contributed by atoms with van der Waals surface area (Å²) in [4.78, 5) is 4.18. The molecule has 0 fully saturated rings. The van der Waals surface area contributed by atoms with E-state index in [1.807, 2.05) is 36.5 Å². The number of methoxy groups -OCH3 is 1. The quantitative estimate of drug-likeness (QED) is 0.922. The predicted molar refractivity (Wildman–Crippen MR) is 82.1 cm³/mol. The van der Waals surface area contributed by atoms with Gasteiger partial charge in [0.05, 0.1) is 7.11 Å². The maximum atomic E-state index is 5.99. The molecule has 0 saturated heterocycles. The Morgan fingerprint density at radius 2 is 2.29 bits per heavy atom. The van der Waals surface area contributed by atoms with E-state index in [0.717, 1.165) is 35.8 Å². The van der Waals surface area contributed by atoms with E-state index >= 15 is 0 Å². The fraction of sp³-hybridized carbons (Fsp3) is 0.312. The third-order valence-corrected chi connectivity index (χ3v) is 3.71. The highest BCUT2D eigenvalue weighted by atomic mass is 35.5. The number of hydrogen-bond acceptors (Lipinski definition) is 4. The van der Waals surface area contributed by atoms with Crippen molar-refractivity contribution in [2.24, 2.45) is 0 Å². The molecule has 0 bridgehead atoms. The topological polar surface area (TPSA) is 43.4 Å². The van der Waals surface area contributed by atoms with Crippen LogP contribution in [0.4, 0.5) is 0 Å². The molecular weight excluding hydrogens is 288 g/mol. The summed E-state index contributed by atoms with van der Waals surface area (Å²) in [7, 11) is 1.61. The van der Waals surface area contributed by atoms with Crippen LogP contribution in [0.3, 0.4) is 0 Å². The van der Waals surface area contributed by atoms with Crippen LogP contribution in [-0.2, 0) is 13.0 Å². The van der Waals surface area contributed by atoms with Crippen molar-refractivity contribution in [1.29, 1.82) is 0 Å². The number of fused-ring (bicyclic) bond motifs is 1. The summed E-state index contributed by atoms with van der Waals surface area (Å²) in [5.74, 6) is 1.57. The average Bonchev–Trinajstić information content (AvgIpc) is 2.89. The van der Waals surface area contributed by atoms with E-state index in [2.05, 4.69) is 10.3 Å². The summed E-state index contributed by atoms with van der Waals surface area (Å²) in [6.07, 6.45) is 2.87. The van der Waals surface area contributed by atoms with Crippen LogP contribution in [0, 0.1) is 0 Å². The lowest BCUT2D eigenvalue weighted by Gasteiger charge is -2.12. The largest absolute Gasteiger partial charge is 0.488 e. The third-order valence-electron chi connectivity index (χ3n) is 3.47. The van der Waals surface area contributed by atoms with Crippen molar-refractivity contribution in [2.45, 2.75) is 19.1 Å². The van der Waals surface area contributed by atoms with Gasteiger partial charge in [0.1, 0.15) is 11.9 Å². The number of aromatic nitrogens is 1. The van der Waals surface area contributed by atoms with Crippen LogP contribution in [0.1, 0.15) is 11.1 Å². The van der Waals surface area contributed by atoms with Crippen molar-refractivity contribution in [3.05, 3.63) is 52.7 Å². The maximum absolute atomic E-state index is 5.99. The number of pyridine rings is 1. The van der Waals surface area contributed by atoms with Gasteiger partial charge in [-0.1, -0.05) is 17.7 Å². The van der Waals surface area contributed by atoms with Gasteiger partial charge >= 0.3 is 0 Å². The number of nitrogens with zero attached hydrogens (tertiary/aromatic N) is 1. The second-order valence-electron chi connectivity index (χ2n) is 5.04. The maximum Gasteiger partial charge on any atom is 0.212 e. The first-order chi connectivity index (χ1) is 10.2. The molecule has 1 N–H and O–H groups in total. The SMILES string of the molecule is COc1ccc(CNCC2Cc3cc(Cl)ccc3O2)cn1. The predicted octanol–water partition coefficient (Wildman–Crippen LogP) is 2.84. The number of benzene rings is 1. The molecule has 0 aliphatic carbocycles. The number of ether oxygens (including phenoxy) is 2. The lowest BCUT2D eigenvalue weighted by atomic mass is 10.1. The van der Waals surface area contributed by atoms with Gasteiger partial charge in [0.2, 0.25) is 5.88 Å². The molecule has 0 amide bonds. The fourth-order valence-corrected chi connectivity index (χ4v) is 2.61. The first-order valence-corrected chi connectivity index (χ1v) is 7.27. The molecule has 1 aliphatic heterocycles. The molecule has 1 aromatic heterocycles. The summed E-state index contributed by atoms with van der Waals surface area (Å²) in [6, 6.07) is 9.64. The molecule has 2 aromatic rings. The smallest absolute Gasteiger partial charge is 0.212 e. The van der Waals surface area contributed by atoms with Gasteiger partial charge in [0.25, 0.3) is 0 Å². The molecule has 1 unspecified atom stereocenters. The van der Waals surface area contributed by atoms with Crippen molar-refractivity contribution in [3.8, 4) is 11.6 Å². The fourth-order valence-electron chi connectivity index (χ4n) is 2.42. The highest BCUT2D eigenvalue weighted by Crippen LogP contribution is 2.30. The van der Waals surface area contributed by atoms with Crippen LogP contribution in [-0.4, -0.2) is 24.7 Å². The molecule has 2 heterocycles. The van der Waals surface area contributed by atoms with E-state index < -0.39 is 0 Å². The highest BCUT2D eigenvalue weighted by Gasteiger charge is 2.22. The van der Waals surface area contributed by atoms with Gasteiger partial charge < -0.3 is 14.8 Å². The van der Waals surface area contributed by atoms with E-state index in [0.29, 0.717) is 5.88 Å². The minimum Gasteiger partial charge on any atom is -0.488 e. The summed E-state index contributed by atoms with van der Waals surface area (Å²) < 4.78 is 10.9. The standard InChI is InChI=1S/C16H17ClN2O2/c1-20-16-5-2-11(9-19-16)8-18-10-14-7-12-6-13(17)3-4-15(12)21-14/h2-6,9,14,18H,7-8,10H2,1H3. The van der Waals surface area contributed by atoms with Crippen LogP contribution in [0.5, 0.6) is 11.6 Å². The Morgan fingerprint density at radius 1 is 1.38 bits per heavy atom. The lowest BCUT2D eigenvalue weighted by Crippen LogP contribution is -2.29. The van der Waals surface area contributed by atoms with E-state index in [4.69, 9.17) is 21.1 Å². The van der Waals surface area contributed by atoms with Crippen LogP contribution in [0.15, 0.2) is 36.5 Å². The molecule has 0 radical (unpaired) electrons. The van der Waals surface area contributed by atoms with E-state index in [-0.39, 0.29) is 6.10 Å². The Bertz CT molecular complexity index is 616. The van der Waals surface area contributed by atoms with Crippen molar-refractivity contribution >= 4 is 11.6 Å². The minimum absolute atomic E-state index is 0.157. The monoisotopic (exact) mass is 304 g/mol. The van der Waals surface area contributed by atoms with Gasteiger partial charge in [-0.15, -0.1) is 0 Å². The third kappa shape index (κ3) is 3.46. The molecule has 3 rings (SSSR count). The summed E-state index contributed by atoms with van der Waals surface area (Å²) in [5.41, 5.74) is 2.30. The lowest BCUT2D eigenvalue weighted by molar-refractivity contribution is 0.227. The summed E-state index contributed by atoms with van der Waals surface area (Å²) in [5, 5.41) is 4.15. The Kier molecular flexibility index (Phi) is 4.27. The van der Waals surface area contributed by atoms with Crippen molar-refractivity contribution in [2.75, 3.05) is 13.7 Å². The Labute approximate surface area is 129 Å². The van der Waals surface area contributed by atoms with Gasteiger partial charge in [-0.05, 0) is 29.3 Å². The first-order valence-electron chi connectivity index (χ1n) is 6.89. The molecule has 1 aromatic carbocycles. The van der Waals surface area contributed by atoms with Gasteiger partial charge in [0.15, 0.2) is 0 Å². The minimum atomic E-state index is 0.157. The number of rotatable bonds is 5. The normalized spacial score (nSPS) is 16.4. The summed E-state index contributed by atoms with van der Waals surface area (Å²) >= 11 is 5.99. The zero-order chi connectivity index (χ0) is 14.7. The number of halogens is 1. The van der Waals surface area contributed by atoms with Crippen LogP contribution in [0.25, 0.3) is 0 Å². The van der Waals surface area contributed by atoms with Crippen LogP contribution >= 0.6 is 11.6 Å². The molecule has 4 nitrogen and oxygen atoms in total. The van der Waals surface area contributed by atoms with Crippen LogP contribution in [0.2, 0.25) is 5.02 Å². The molecule has 110 valence electrons. The molecular formula is C16H17ClN2O2. The molecule has 0 spiro atoms. The summed E-state index contributed by atoms with van der Waals surface area (Å²) in [6.45, 7) is 1.55. The zero-order valence-electron chi connectivity index (χ0n) is 11.8. The molecule has 5 heteroatoms. The second kappa shape index (κ2) is 6.33. The second-order valence-corrected chi connectivity index (χ2v) is 5.47. The van der Waals surface area contributed by atoms with E-state index in [1.54, 1.807) is 7.11 Å². The zero-order valence-corrected chi connectivity index (χ0v) is 12.6. The van der Waals surface area contributed by atoms with Gasteiger partial charge in [0, 0.05) is 36.8 Å². The van der Waals surface area contributed by atoms with Crippen LogP contribution < -0.4 is 14.8 Å². The highest BCUT2D eigenvalue weighted by molar-refractivity contribution is 6.30. The Hall–Kier alpha value is -1.78. The molecule has 1 atom stereocenters. The average molecular weight is 305 g/mol. The van der Waals surface area contributed by atoms with E-state index in [9.17, 15) is 0 Å². The Morgan fingerprint density at radius 3 is 3.05 bits per heavy atom.